The van der Waals surface area contributed by atoms with Crippen molar-refractivity contribution in [3.05, 3.63) is 197 Å². The third kappa shape index (κ3) is 6.89. The van der Waals surface area contributed by atoms with Gasteiger partial charge in [-0.25, -0.2) is 0 Å². The molecule has 0 fully saturated rings. The van der Waals surface area contributed by atoms with Gasteiger partial charge in [-0.3, -0.25) is 0 Å². The van der Waals surface area contributed by atoms with E-state index >= 15 is 0 Å². The molecular weight excluding hydrogens is 832 g/mol. The van der Waals surface area contributed by atoms with E-state index in [4.69, 9.17) is 0 Å². The Morgan fingerprint density at radius 3 is 1.30 bits per heavy atom. The van der Waals surface area contributed by atoms with Crippen LogP contribution in [0.4, 0.5) is 28.4 Å². The number of nitrogens with zero attached hydrogens (tertiary/aromatic N) is 2. The summed E-state index contributed by atoms with van der Waals surface area (Å²) in [6, 6.07) is 63.1. The molecule has 0 radical (unpaired) electrons. The summed E-state index contributed by atoms with van der Waals surface area (Å²) in [6.07, 6.45) is 4.70. The van der Waals surface area contributed by atoms with E-state index in [9.17, 15) is 0 Å². The van der Waals surface area contributed by atoms with E-state index in [1.807, 2.05) is 0 Å². The van der Waals surface area contributed by atoms with Crippen LogP contribution in [-0.2, 0) is 21.7 Å². The zero-order valence-electron chi connectivity index (χ0n) is 42.4. The first-order chi connectivity index (χ1) is 33.0. The van der Waals surface area contributed by atoms with Gasteiger partial charge in [0.15, 0.2) is 0 Å². The fourth-order valence-corrected chi connectivity index (χ4v) is 12.8. The highest BCUT2D eigenvalue weighted by atomic mass is 15.2. The Bertz CT molecular complexity index is 3360. The lowest BCUT2D eigenvalue weighted by atomic mass is 9.43. The van der Waals surface area contributed by atoms with E-state index in [-0.39, 0.29) is 28.5 Å². The second kappa shape index (κ2) is 15.5. The highest BCUT2D eigenvalue weighted by molar-refractivity contribution is 6.93. The quantitative estimate of drug-likeness (QED) is 0.159. The van der Waals surface area contributed by atoms with Crippen LogP contribution in [0.25, 0.3) is 44.5 Å². The molecule has 0 bridgehead atoms. The van der Waals surface area contributed by atoms with Crippen LogP contribution in [0.15, 0.2) is 164 Å². The summed E-state index contributed by atoms with van der Waals surface area (Å²) in [6.45, 7) is 24.3. The molecule has 8 aromatic carbocycles. The maximum absolute atomic E-state index is 2.76. The molecule has 0 saturated carbocycles. The monoisotopic (exact) mass is 897 g/mol. The zero-order valence-corrected chi connectivity index (χ0v) is 42.4. The Labute approximate surface area is 412 Å². The van der Waals surface area contributed by atoms with Crippen molar-refractivity contribution in [2.45, 2.75) is 117 Å². The molecular formula is C66H65BN2. The van der Waals surface area contributed by atoms with Crippen LogP contribution in [0.2, 0.25) is 0 Å². The molecule has 0 N–H and O–H groups in total. The van der Waals surface area contributed by atoms with Crippen LogP contribution in [0.3, 0.4) is 0 Å². The maximum Gasteiger partial charge on any atom is 0.333 e. The van der Waals surface area contributed by atoms with Crippen molar-refractivity contribution in [2.75, 3.05) is 9.71 Å². The van der Waals surface area contributed by atoms with Gasteiger partial charge in [-0.15, -0.1) is 0 Å². The second-order valence-corrected chi connectivity index (χ2v) is 23.6. The molecule has 69 heavy (non-hydrogen) atoms. The second-order valence-electron chi connectivity index (χ2n) is 23.6. The fraction of sp³-hybridized carbons (Fsp3) is 0.273. The van der Waals surface area contributed by atoms with E-state index in [1.54, 1.807) is 0 Å². The highest BCUT2D eigenvalue weighted by Crippen LogP contribution is 2.55. The number of hydrogen-bond acceptors (Lipinski definition) is 2. The topological polar surface area (TPSA) is 6.48 Å². The summed E-state index contributed by atoms with van der Waals surface area (Å²) < 4.78 is 0. The summed E-state index contributed by atoms with van der Waals surface area (Å²) in [5.74, 6) is 0. The number of hydrogen-bond donors (Lipinski definition) is 0. The molecule has 0 amide bonds. The van der Waals surface area contributed by atoms with Crippen molar-refractivity contribution in [2.24, 2.45) is 0 Å². The van der Waals surface area contributed by atoms with Crippen molar-refractivity contribution in [1.29, 1.82) is 0 Å². The van der Waals surface area contributed by atoms with E-state index in [0.717, 1.165) is 6.42 Å². The predicted octanol–water partition coefficient (Wildman–Crippen LogP) is 16.7. The molecule has 2 aliphatic carbocycles. The number of anilines is 5. The van der Waals surface area contributed by atoms with Gasteiger partial charge in [0.2, 0.25) is 0 Å². The Kier molecular flexibility index (Phi) is 9.79. The lowest BCUT2D eigenvalue weighted by Crippen LogP contribution is -2.61. The first-order valence-electron chi connectivity index (χ1n) is 25.5. The molecule has 2 heterocycles. The third-order valence-electron chi connectivity index (χ3n) is 17.2. The standard InChI is InChI=1S/C66H65BN2/c1-42-34-52-54(65(7,8)32-30-63(52,3)4)40-58(42)68-60-38-48(45-22-16-12-17-23-45)26-28-56(60)67-62-51(37-49(39-61(62)68)46-24-18-13-19-25-46)50-36-47(44-20-14-11-15-21-44)27-29-57(50)69(67)59-41-55-53(35-43(59)2)64(5,6)31-33-66(55,9)10/h11-29,34-41H,30-33H2,1-10H3. The van der Waals surface area contributed by atoms with Gasteiger partial charge in [-0.2, -0.15) is 0 Å². The first kappa shape index (κ1) is 43.7. The Hall–Kier alpha value is -6.58. The molecule has 12 rings (SSSR count). The van der Waals surface area contributed by atoms with Crippen molar-refractivity contribution in [3.63, 3.8) is 0 Å². The van der Waals surface area contributed by atoms with Crippen LogP contribution in [-0.4, -0.2) is 6.85 Å². The minimum absolute atomic E-state index is 0.0432. The first-order valence-corrected chi connectivity index (χ1v) is 25.5. The van der Waals surface area contributed by atoms with E-state index in [1.165, 1.54) is 137 Å². The lowest BCUT2D eigenvalue weighted by molar-refractivity contribution is 0.332. The lowest BCUT2D eigenvalue weighted by Gasteiger charge is -2.48. The molecule has 0 spiro atoms. The van der Waals surface area contributed by atoms with Gasteiger partial charge in [0.05, 0.1) is 0 Å². The highest BCUT2D eigenvalue weighted by Gasteiger charge is 2.48. The summed E-state index contributed by atoms with van der Waals surface area (Å²) in [5.41, 5.74) is 27.8. The Morgan fingerprint density at radius 1 is 0.348 bits per heavy atom. The fourth-order valence-electron chi connectivity index (χ4n) is 12.8. The maximum atomic E-state index is 2.76. The minimum Gasteiger partial charge on any atom is -0.376 e. The summed E-state index contributed by atoms with van der Waals surface area (Å²) in [4.78, 5) is 5.45. The Morgan fingerprint density at radius 2 is 0.768 bits per heavy atom. The van der Waals surface area contributed by atoms with Gasteiger partial charge in [-0.05, 0) is 187 Å². The number of fused-ring (bicyclic) bond motifs is 6. The zero-order chi connectivity index (χ0) is 47.8. The van der Waals surface area contributed by atoms with Gasteiger partial charge >= 0.3 is 6.85 Å². The largest absolute Gasteiger partial charge is 0.376 e. The van der Waals surface area contributed by atoms with E-state index in [0.29, 0.717) is 0 Å². The van der Waals surface area contributed by atoms with Crippen molar-refractivity contribution >= 4 is 46.2 Å². The molecule has 342 valence electrons. The molecule has 0 unspecified atom stereocenters. The van der Waals surface area contributed by atoms with E-state index in [2.05, 4.69) is 243 Å². The molecule has 0 saturated heterocycles. The number of aryl methyl sites for hydroxylation is 2. The van der Waals surface area contributed by atoms with E-state index < -0.39 is 0 Å². The molecule has 3 heteroatoms. The molecule has 2 nitrogen and oxygen atoms in total. The number of benzene rings is 8. The molecule has 8 aromatic rings. The van der Waals surface area contributed by atoms with Crippen molar-refractivity contribution < 1.29 is 0 Å². The van der Waals surface area contributed by atoms with Gasteiger partial charge in [0.25, 0.3) is 0 Å². The van der Waals surface area contributed by atoms with Crippen LogP contribution in [0.1, 0.15) is 114 Å². The van der Waals surface area contributed by atoms with Gasteiger partial charge < -0.3 is 9.71 Å². The SMILES string of the molecule is Cc1cc2c(cc1N1B3c4ccc(-c5ccccc5)cc4N(c4cc5c(cc4C)C(C)(C)CCC5(C)C)c4cc(-c5ccccc5)cc(c43)-c3cc(-c4ccccc4)ccc31)C(C)(C)CCC2(C)C. The third-order valence-corrected chi connectivity index (χ3v) is 17.2. The van der Waals surface area contributed by atoms with Gasteiger partial charge in [0.1, 0.15) is 0 Å². The molecule has 0 atom stereocenters. The van der Waals surface area contributed by atoms with Crippen molar-refractivity contribution in [1.82, 2.24) is 0 Å². The summed E-state index contributed by atoms with van der Waals surface area (Å²) in [5, 5.41) is 0. The molecule has 2 aliphatic heterocycles. The van der Waals surface area contributed by atoms with Crippen LogP contribution in [0.5, 0.6) is 0 Å². The average molecular weight is 897 g/mol. The number of rotatable bonds is 5. The predicted molar refractivity (Wildman–Crippen MR) is 297 cm³/mol. The van der Waals surface area contributed by atoms with Gasteiger partial charge in [0, 0.05) is 34.0 Å². The minimum atomic E-state index is -0.101. The Balaban J connectivity index is 1.22. The van der Waals surface area contributed by atoms with Crippen LogP contribution in [0, 0.1) is 13.8 Å². The molecule has 0 aromatic heterocycles. The average Bonchev–Trinajstić information content (AvgIpc) is 3.35. The molecule has 4 aliphatic rings. The summed E-state index contributed by atoms with van der Waals surface area (Å²) in [7, 11) is 0. The smallest absolute Gasteiger partial charge is 0.333 e. The van der Waals surface area contributed by atoms with Gasteiger partial charge in [-0.1, -0.05) is 177 Å². The summed E-state index contributed by atoms with van der Waals surface area (Å²) >= 11 is 0. The van der Waals surface area contributed by atoms with Crippen molar-refractivity contribution in [3.8, 4) is 44.5 Å². The van der Waals surface area contributed by atoms with Crippen LogP contribution < -0.4 is 20.6 Å². The van der Waals surface area contributed by atoms with Crippen LogP contribution >= 0.6 is 0 Å². The normalized spacial score (nSPS) is 17.6.